The van der Waals surface area contributed by atoms with Gasteiger partial charge in [0.1, 0.15) is 0 Å². The Morgan fingerprint density at radius 3 is 2.57 bits per heavy atom. The summed E-state index contributed by atoms with van der Waals surface area (Å²) in [6.07, 6.45) is 0.820. The molecule has 1 aliphatic rings. The van der Waals surface area contributed by atoms with E-state index in [0.717, 1.165) is 25.1 Å². The summed E-state index contributed by atoms with van der Waals surface area (Å²) in [5, 5.41) is 9.78. The van der Waals surface area contributed by atoms with E-state index in [0.29, 0.717) is 23.7 Å². The standard InChI is InChI=1S/C16H20ClN3O/c1-3-14(11-18)19-6-8-20(9-7-19)16(21)13-4-5-15(17)12(2)10-13/h4-5,10,14H,3,6-9H2,1-2H3. The zero-order valence-corrected chi connectivity index (χ0v) is 13.2. The minimum absolute atomic E-state index is 0.0411. The van der Waals surface area contributed by atoms with Crippen LogP contribution in [-0.4, -0.2) is 47.9 Å². The number of rotatable bonds is 3. The van der Waals surface area contributed by atoms with E-state index in [1.165, 1.54) is 0 Å². The van der Waals surface area contributed by atoms with Crippen LogP contribution in [0.2, 0.25) is 5.02 Å². The van der Waals surface area contributed by atoms with Crippen LogP contribution in [0.1, 0.15) is 29.3 Å². The predicted molar refractivity (Wildman–Crippen MR) is 83.4 cm³/mol. The molecule has 1 aromatic rings. The summed E-state index contributed by atoms with van der Waals surface area (Å²) in [7, 11) is 0. The van der Waals surface area contributed by atoms with Gasteiger partial charge in [-0.2, -0.15) is 5.26 Å². The summed E-state index contributed by atoms with van der Waals surface area (Å²) < 4.78 is 0. The first-order valence-electron chi connectivity index (χ1n) is 7.26. The monoisotopic (exact) mass is 305 g/mol. The lowest BCUT2D eigenvalue weighted by Gasteiger charge is -2.36. The fourth-order valence-corrected chi connectivity index (χ4v) is 2.75. The Balaban J connectivity index is 2.00. The Bertz CT molecular complexity index is 559. The van der Waals surface area contributed by atoms with Gasteiger partial charge in [0, 0.05) is 36.8 Å². The van der Waals surface area contributed by atoms with Gasteiger partial charge in [-0.15, -0.1) is 0 Å². The van der Waals surface area contributed by atoms with Gasteiger partial charge in [0.25, 0.3) is 5.91 Å². The van der Waals surface area contributed by atoms with Crippen LogP contribution in [0.25, 0.3) is 0 Å². The zero-order valence-electron chi connectivity index (χ0n) is 12.5. The molecule has 1 aliphatic heterocycles. The maximum atomic E-state index is 12.5. The summed E-state index contributed by atoms with van der Waals surface area (Å²) in [6, 6.07) is 7.65. The average molecular weight is 306 g/mol. The molecule has 1 fully saturated rings. The molecule has 1 aromatic carbocycles. The molecular formula is C16H20ClN3O. The Morgan fingerprint density at radius 1 is 1.38 bits per heavy atom. The molecule has 21 heavy (non-hydrogen) atoms. The SMILES string of the molecule is CCC(C#N)N1CCN(C(=O)c2ccc(Cl)c(C)c2)CC1. The van der Waals surface area contributed by atoms with Crippen molar-refractivity contribution in [2.45, 2.75) is 26.3 Å². The molecule has 0 aliphatic carbocycles. The van der Waals surface area contributed by atoms with Crippen LogP contribution in [-0.2, 0) is 0 Å². The van der Waals surface area contributed by atoms with Gasteiger partial charge in [-0.3, -0.25) is 9.69 Å². The zero-order chi connectivity index (χ0) is 15.4. The lowest BCUT2D eigenvalue weighted by atomic mass is 10.1. The predicted octanol–water partition coefficient (Wildman–Crippen LogP) is 2.71. The number of carbonyl (C=O) groups is 1. The van der Waals surface area contributed by atoms with Gasteiger partial charge in [0.05, 0.1) is 12.1 Å². The molecule has 1 heterocycles. The fraction of sp³-hybridized carbons (Fsp3) is 0.500. The molecule has 1 amide bonds. The van der Waals surface area contributed by atoms with Gasteiger partial charge < -0.3 is 4.90 Å². The Hall–Kier alpha value is -1.57. The highest BCUT2D eigenvalue weighted by molar-refractivity contribution is 6.31. The fourth-order valence-electron chi connectivity index (χ4n) is 2.63. The lowest BCUT2D eigenvalue weighted by molar-refractivity contribution is 0.0604. The number of hydrogen-bond donors (Lipinski definition) is 0. The summed E-state index contributed by atoms with van der Waals surface area (Å²) in [4.78, 5) is 16.5. The number of aryl methyl sites for hydroxylation is 1. The van der Waals surface area contributed by atoms with Gasteiger partial charge in [-0.25, -0.2) is 0 Å². The maximum Gasteiger partial charge on any atom is 0.253 e. The van der Waals surface area contributed by atoms with Gasteiger partial charge in [-0.1, -0.05) is 18.5 Å². The largest absolute Gasteiger partial charge is 0.336 e. The van der Waals surface area contributed by atoms with Gasteiger partial charge >= 0.3 is 0 Å². The van der Waals surface area contributed by atoms with Gasteiger partial charge in [0.2, 0.25) is 0 Å². The topological polar surface area (TPSA) is 47.3 Å². The molecule has 0 radical (unpaired) electrons. The second-order valence-electron chi connectivity index (χ2n) is 5.35. The van der Waals surface area contributed by atoms with Crippen molar-refractivity contribution in [1.29, 1.82) is 5.26 Å². The van der Waals surface area contributed by atoms with E-state index in [1.807, 2.05) is 24.8 Å². The van der Waals surface area contributed by atoms with Crippen molar-refractivity contribution in [3.05, 3.63) is 34.3 Å². The van der Waals surface area contributed by atoms with Crippen LogP contribution >= 0.6 is 11.6 Å². The Morgan fingerprint density at radius 2 is 2.05 bits per heavy atom. The molecule has 0 bridgehead atoms. The maximum absolute atomic E-state index is 12.5. The van der Waals surface area contributed by atoms with Crippen LogP contribution in [0.3, 0.4) is 0 Å². The van der Waals surface area contributed by atoms with Crippen LogP contribution in [0.5, 0.6) is 0 Å². The molecule has 112 valence electrons. The number of piperazine rings is 1. The third-order valence-corrected chi connectivity index (χ3v) is 4.41. The highest BCUT2D eigenvalue weighted by atomic mass is 35.5. The Kier molecular flexibility index (Phi) is 5.22. The normalized spacial score (nSPS) is 17.3. The molecular weight excluding hydrogens is 286 g/mol. The molecule has 5 heteroatoms. The average Bonchev–Trinajstić information content (AvgIpc) is 2.51. The number of benzene rings is 1. The van der Waals surface area contributed by atoms with Crippen molar-refractivity contribution in [3.63, 3.8) is 0 Å². The number of amides is 1. The molecule has 1 saturated heterocycles. The van der Waals surface area contributed by atoms with Crippen molar-refractivity contribution < 1.29 is 4.79 Å². The van der Waals surface area contributed by atoms with Crippen molar-refractivity contribution >= 4 is 17.5 Å². The van der Waals surface area contributed by atoms with Crippen LogP contribution in [0, 0.1) is 18.3 Å². The highest BCUT2D eigenvalue weighted by Gasteiger charge is 2.25. The third kappa shape index (κ3) is 3.55. The third-order valence-electron chi connectivity index (χ3n) is 3.98. The molecule has 4 nitrogen and oxygen atoms in total. The number of hydrogen-bond acceptors (Lipinski definition) is 3. The molecule has 1 unspecified atom stereocenters. The van der Waals surface area contributed by atoms with E-state index in [9.17, 15) is 4.79 Å². The van der Waals surface area contributed by atoms with Crippen molar-refractivity contribution in [2.75, 3.05) is 26.2 Å². The summed E-state index contributed by atoms with van der Waals surface area (Å²) in [5.74, 6) is 0.0411. The summed E-state index contributed by atoms with van der Waals surface area (Å²) >= 11 is 5.99. The molecule has 0 saturated carbocycles. The van der Waals surface area contributed by atoms with Crippen molar-refractivity contribution in [1.82, 2.24) is 9.80 Å². The summed E-state index contributed by atoms with van der Waals surface area (Å²) in [6.45, 7) is 6.75. The smallest absolute Gasteiger partial charge is 0.253 e. The second-order valence-corrected chi connectivity index (χ2v) is 5.75. The summed E-state index contributed by atoms with van der Waals surface area (Å²) in [5.41, 5.74) is 1.59. The minimum Gasteiger partial charge on any atom is -0.336 e. The lowest BCUT2D eigenvalue weighted by Crippen LogP contribution is -2.51. The quantitative estimate of drug-likeness (QED) is 0.862. The minimum atomic E-state index is -0.0416. The van der Waals surface area contributed by atoms with Gasteiger partial charge in [-0.05, 0) is 37.1 Å². The van der Waals surface area contributed by atoms with Crippen LogP contribution < -0.4 is 0 Å². The first-order valence-corrected chi connectivity index (χ1v) is 7.63. The molecule has 0 spiro atoms. The van der Waals surface area contributed by atoms with Crippen molar-refractivity contribution in [2.24, 2.45) is 0 Å². The molecule has 0 N–H and O–H groups in total. The van der Waals surface area contributed by atoms with E-state index in [-0.39, 0.29) is 11.9 Å². The van der Waals surface area contributed by atoms with Gasteiger partial charge in [0.15, 0.2) is 0 Å². The molecule has 2 rings (SSSR count). The molecule has 1 atom stereocenters. The van der Waals surface area contributed by atoms with Crippen LogP contribution in [0.15, 0.2) is 18.2 Å². The first-order chi connectivity index (χ1) is 10.1. The second kappa shape index (κ2) is 6.93. The van der Waals surface area contributed by atoms with E-state index >= 15 is 0 Å². The van der Waals surface area contributed by atoms with E-state index in [1.54, 1.807) is 12.1 Å². The number of carbonyl (C=O) groups excluding carboxylic acids is 1. The van der Waals surface area contributed by atoms with E-state index < -0.39 is 0 Å². The highest BCUT2D eigenvalue weighted by Crippen LogP contribution is 2.18. The number of halogens is 1. The molecule has 0 aromatic heterocycles. The Labute approximate surface area is 130 Å². The van der Waals surface area contributed by atoms with Crippen LogP contribution in [0.4, 0.5) is 0 Å². The number of nitriles is 1. The van der Waals surface area contributed by atoms with E-state index in [2.05, 4.69) is 11.0 Å². The van der Waals surface area contributed by atoms with Crippen molar-refractivity contribution in [3.8, 4) is 6.07 Å². The number of nitrogens with zero attached hydrogens (tertiary/aromatic N) is 3. The van der Waals surface area contributed by atoms with E-state index in [4.69, 9.17) is 16.9 Å². The first kappa shape index (κ1) is 15.8.